The van der Waals surface area contributed by atoms with E-state index in [0.29, 0.717) is 5.92 Å². The molecule has 1 aromatic rings. The van der Waals surface area contributed by atoms with Crippen molar-refractivity contribution >= 4 is 21.7 Å². The third-order valence-corrected chi connectivity index (χ3v) is 2.62. The van der Waals surface area contributed by atoms with Gasteiger partial charge in [0.15, 0.2) is 0 Å². The molecule has 1 rings (SSSR count). The van der Waals surface area contributed by atoms with E-state index in [-0.39, 0.29) is 0 Å². The van der Waals surface area contributed by atoms with Crippen LogP contribution in [0.15, 0.2) is 22.8 Å². The molecule has 0 bridgehead atoms. The molecular formula is C11H17BrN2. The maximum absolute atomic E-state index is 4.38. The van der Waals surface area contributed by atoms with E-state index in [1.54, 1.807) is 0 Å². The molecule has 0 fully saturated rings. The Morgan fingerprint density at radius 1 is 1.50 bits per heavy atom. The molecule has 2 nitrogen and oxygen atoms in total. The zero-order valence-electron chi connectivity index (χ0n) is 9.00. The summed E-state index contributed by atoms with van der Waals surface area (Å²) < 4.78 is 1.07. The maximum atomic E-state index is 4.38. The fourth-order valence-electron chi connectivity index (χ4n) is 1.42. The number of aromatic nitrogens is 1. The lowest BCUT2D eigenvalue weighted by atomic mass is 10.2. The predicted molar refractivity (Wildman–Crippen MR) is 64.7 cm³/mol. The van der Waals surface area contributed by atoms with E-state index in [4.69, 9.17) is 0 Å². The van der Waals surface area contributed by atoms with Gasteiger partial charge in [-0.25, -0.2) is 4.98 Å². The van der Waals surface area contributed by atoms with Gasteiger partial charge in [0.25, 0.3) is 0 Å². The number of rotatable bonds is 4. The predicted octanol–water partition coefficient (Wildman–Crippen LogP) is 3.33. The highest BCUT2D eigenvalue weighted by Gasteiger charge is 2.10. The Morgan fingerprint density at radius 2 is 2.21 bits per heavy atom. The summed E-state index contributed by atoms with van der Waals surface area (Å²) >= 11 is 3.52. The number of anilines is 1. The van der Waals surface area contributed by atoms with Crippen LogP contribution in [-0.4, -0.2) is 18.1 Å². The standard InChI is InChI=1S/C11H17BrN2/c1-4-14(8-9(2)3)11-10(12)6-5-7-13-11/h5-7,9H,4,8H2,1-3H3. The Hall–Kier alpha value is -0.570. The van der Waals surface area contributed by atoms with Crippen molar-refractivity contribution < 1.29 is 0 Å². The maximum Gasteiger partial charge on any atom is 0.142 e. The molecular weight excluding hydrogens is 240 g/mol. The van der Waals surface area contributed by atoms with Crippen LogP contribution in [-0.2, 0) is 0 Å². The summed E-state index contributed by atoms with van der Waals surface area (Å²) in [5, 5.41) is 0. The number of hydrogen-bond acceptors (Lipinski definition) is 2. The second-order valence-electron chi connectivity index (χ2n) is 3.74. The van der Waals surface area contributed by atoms with Crippen LogP contribution >= 0.6 is 15.9 Å². The number of pyridine rings is 1. The first-order chi connectivity index (χ1) is 6.65. The minimum absolute atomic E-state index is 0.656. The van der Waals surface area contributed by atoms with E-state index >= 15 is 0 Å². The summed E-state index contributed by atoms with van der Waals surface area (Å²) in [6.45, 7) is 8.64. The van der Waals surface area contributed by atoms with Gasteiger partial charge < -0.3 is 4.90 Å². The lowest BCUT2D eigenvalue weighted by Gasteiger charge is -2.24. The summed E-state index contributed by atoms with van der Waals surface area (Å²) in [4.78, 5) is 6.67. The van der Waals surface area contributed by atoms with Crippen molar-refractivity contribution in [2.24, 2.45) is 5.92 Å². The lowest BCUT2D eigenvalue weighted by Crippen LogP contribution is -2.28. The molecule has 3 heteroatoms. The minimum Gasteiger partial charge on any atom is -0.356 e. The molecule has 0 atom stereocenters. The molecule has 0 aliphatic carbocycles. The smallest absolute Gasteiger partial charge is 0.142 e. The quantitative estimate of drug-likeness (QED) is 0.822. The summed E-state index contributed by atoms with van der Waals surface area (Å²) in [5.74, 6) is 1.70. The molecule has 0 N–H and O–H groups in total. The zero-order chi connectivity index (χ0) is 10.6. The number of hydrogen-bond donors (Lipinski definition) is 0. The summed E-state index contributed by atoms with van der Waals surface area (Å²) in [6.07, 6.45) is 1.84. The first-order valence-corrected chi connectivity index (χ1v) is 5.80. The van der Waals surface area contributed by atoms with Crippen molar-refractivity contribution in [2.45, 2.75) is 20.8 Å². The van der Waals surface area contributed by atoms with E-state index in [9.17, 15) is 0 Å². The van der Waals surface area contributed by atoms with Gasteiger partial charge in [-0.2, -0.15) is 0 Å². The summed E-state index contributed by atoms with van der Waals surface area (Å²) in [6, 6.07) is 3.97. The van der Waals surface area contributed by atoms with Crippen LogP contribution in [0.1, 0.15) is 20.8 Å². The van der Waals surface area contributed by atoms with Crippen molar-refractivity contribution in [3.05, 3.63) is 22.8 Å². The first-order valence-electron chi connectivity index (χ1n) is 5.00. The van der Waals surface area contributed by atoms with E-state index in [2.05, 4.69) is 46.6 Å². The highest BCUT2D eigenvalue weighted by atomic mass is 79.9. The van der Waals surface area contributed by atoms with E-state index in [1.165, 1.54) is 0 Å². The zero-order valence-corrected chi connectivity index (χ0v) is 10.6. The molecule has 0 saturated heterocycles. The van der Waals surface area contributed by atoms with Crippen molar-refractivity contribution in [3.63, 3.8) is 0 Å². The average molecular weight is 257 g/mol. The van der Waals surface area contributed by atoms with E-state index in [1.807, 2.05) is 18.3 Å². The van der Waals surface area contributed by atoms with Crippen LogP contribution < -0.4 is 4.90 Å². The molecule has 0 aromatic carbocycles. The van der Waals surface area contributed by atoms with Crippen LogP contribution in [0.3, 0.4) is 0 Å². The van der Waals surface area contributed by atoms with Gasteiger partial charge in [0.2, 0.25) is 0 Å². The summed E-state index contributed by atoms with van der Waals surface area (Å²) in [5.41, 5.74) is 0. The van der Waals surface area contributed by atoms with Crippen LogP contribution in [0.5, 0.6) is 0 Å². The molecule has 1 aromatic heterocycles. The van der Waals surface area contributed by atoms with E-state index in [0.717, 1.165) is 23.4 Å². The Labute approximate surface area is 94.5 Å². The second-order valence-corrected chi connectivity index (χ2v) is 4.60. The van der Waals surface area contributed by atoms with Crippen LogP contribution in [0, 0.1) is 5.92 Å². The Bertz CT molecular complexity index is 286. The van der Waals surface area contributed by atoms with Crippen LogP contribution in [0.2, 0.25) is 0 Å². The molecule has 14 heavy (non-hydrogen) atoms. The highest BCUT2D eigenvalue weighted by Crippen LogP contribution is 2.23. The van der Waals surface area contributed by atoms with Crippen molar-refractivity contribution in [2.75, 3.05) is 18.0 Å². The fourth-order valence-corrected chi connectivity index (χ4v) is 1.92. The molecule has 0 aliphatic heterocycles. The normalized spacial score (nSPS) is 10.6. The topological polar surface area (TPSA) is 16.1 Å². The number of nitrogens with zero attached hydrogens (tertiary/aromatic N) is 2. The van der Waals surface area contributed by atoms with Crippen LogP contribution in [0.4, 0.5) is 5.82 Å². The highest BCUT2D eigenvalue weighted by molar-refractivity contribution is 9.10. The molecule has 0 radical (unpaired) electrons. The van der Waals surface area contributed by atoms with Gasteiger partial charge in [-0.05, 0) is 40.9 Å². The number of halogens is 1. The van der Waals surface area contributed by atoms with Crippen molar-refractivity contribution in [1.29, 1.82) is 0 Å². The fraction of sp³-hybridized carbons (Fsp3) is 0.545. The van der Waals surface area contributed by atoms with Gasteiger partial charge in [0.1, 0.15) is 5.82 Å². The van der Waals surface area contributed by atoms with Gasteiger partial charge in [0, 0.05) is 19.3 Å². The molecule has 0 amide bonds. The largest absolute Gasteiger partial charge is 0.356 e. The molecule has 0 aliphatic rings. The lowest BCUT2D eigenvalue weighted by molar-refractivity contribution is 0.614. The van der Waals surface area contributed by atoms with Crippen molar-refractivity contribution in [3.8, 4) is 0 Å². The van der Waals surface area contributed by atoms with E-state index < -0.39 is 0 Å². The average Bonchev–Trinajstić information content (AvgIpc) is 2.15. The Morgan fingerprint density at radius 3 is 2.71 bits per heavy atom. The van der Waals surface area contributed by atoms with Gasteiger partial charge in [0.05, 0.1) is 4.47 Å². The minimum atomic E-state index is 0.656. The van der Waals surface area contributed by atoms with Gasteiger partial charge in [-0.1, -0.05) is 13.8 Å². The van der Waals surface area contributed by atoms with Crippen molar-refractivity contribution in [1.82, 2.24) is 4.98 Å². The molecule has 0 saturated carbocycles. The van der Waals surface area contributed by atoms with Crippen LogP contribution in [0.25, 0.3) is 0 Å². The molecule has 0 spiro atoms. The van der Waals surface area contributed by atoms with Gasteiger partial charge in [-0.15, -0.1) is 0 Å². The SMILES string of the molecule is CCN(CC(C)C)c1ncccc1Br. The van der Waals surface area contributed by atoms with Gasteiger partial charge >= 0.3 is 0 Å². The Balaban J connectivity index is 2.83. The molecule has 1 heterocycles. The summed E-state index contributed by atoms with van der Waals surface area (Å²) in [7, 11) is 0. The van der Waals surface area contributed by atoms with Gasteiger partial charge in [-0.3, -0.25) is 0 Å². The molecule has 78 valence electrons. The third kappa shape index (κ3) is 2.98. The first kappa shape index (κ1) is 11.5. The third-order valence-electron chi connectivity index (χ3n) is 2.01. The second kappa shape index (κ2) is 5.35. The molecule has 0 unspecified atom stereocenters. The Kier molecular flexibility index (Phi) is 4.39. The monoisotopic (exact) mass is 256 g/mol.